The van der Waals surface area contributed by atoms with Crippen molar-refractivity contribution < 1.29 is 14.6 Å². The predicted octanol–water partition coefficient (Wildman–Crippen LogP) is 3.16. The van der Waals surface area contributed by atoms with E-state index >= 15 is 0 Å². The van der Waals surface area contributed by atoms with Crippen molar-refractivity contribution >= 4 is 17.3 Å². The fourth-order valence-electron chi connectivity index (χ4n) is 1.89. The van der Waals surface area contributed by atoms with Gasteiger partial charge in [0.2, 0.25) is 0 Å². The molecule has 2 rings (SSSR count). The highest BCUT2D eigenvalue weighted by molar-refractivity contribution is 5.95. The van der Waals surface area contributed by atoms with E-state index in [4.69, 9.17) is 4.74 Å². The summed E-state index contributed by atoms with van der Waals surface area (Å²) in [7, 11) is 3.45. The number of nitrogens with zero attached hydrogens (tertiary/aromatic N) is 1. The molecule has 2 aromatic rings. The molecule has 0 radical (unpaired) electrons. The summed E-state index contributed by atoms with van der Waals surface area (Å²) in [6.07, 6.45) is 0. The van der Waals surface area contributed by atoms with Gasteiger partial charge in [-0.1, -0.05) is 12.1 Å². The lowest BCUT2D eigenvalue weighted by atomic mass is 10.1. The van der Waals surface area contributed by atoms with Gasteiger partial charge in [-0.05, 0) is 36.4 Å². The summed E-state index contributed by atoms with van der Waals surface area (Å²) in [5.41, 5.74) is 1.83. The molecule has 0 spiro atoms. The van der Waals surface area contributed by atoms with Gasteiger partial charge >= 0.3 is 5.97 Å². The second-order valence-corrected chi connectivity index (χ2v) is 4.08. The third-order valence-electron chi connectivity index (χ3n) is 2.96. The molecule has 4 heteroatoms. The number of anilines is 2. The van der Waals surface area contributed by atoms with Crippen molar-refractivity contribution in [3.63, 3.8) is 0 Å². The van der Waals surface area contributed by atoms with Crippen LogP contribution >= 0.6 is 0 Å². The minimum absolute atomic E-state index is 0.279. The number of aromatic carboxylic acids is 1. The van der Waals surface area contributed by atoms with Crippen LogP contribution in [0, 0.1) is 0 Å². The smallest absolute Gasteiger partial charge is 0.337 e. The normalized spacial score (nSPS) is 10.0. The number of benzene rings is 2. The van der Waals surface area contributed by atoms with Crippen LogP contribution in [0.25, 0.3) is 0 Å². The lowest BCUT2D eigenvalue weighted by Crippen LogP contribution is -2.13. The zero-order chi connectivity index (χ0) is 13.8. The topological polar surface area (TPSA) is 49.8 Å². The summed E-state index contributed by atoms with van der Waals surface area (Å²) in [5.74, 6) is -0.167. The van der Waals surface area contributed by atoms with Gasteiger partial charge in [0.25, 0.3) is 0 Å². The number of methoxy groups -OCH3 is 1. The van der Waals surface area contributed by atoms with E-state index in [2.05, 4.69) is 0 Å². The van der Waals surface area contributed by atoms with E-state index in [-0.39, 0.29) is 5.56 Å². The van der Waals surface area contributed by atoms with Gasteiger partial charge in [0.15, 0.2) is 0 Å². The monoisotopic (exact) mass is 257 g/mol. The molecule has 0 aliphatic rings. The Bertz CT molecular complexity index is 578. The van der Waals surface area contributed by atoms with Gasteiger partial charge in [0.05, 0.1) is 18.4 Å². The quantitative estimate of drug-likeness (QED) is 0.914. The highest BCUT2D eigenvalue weighted by Crippen LogP contribution is 2.28. The molecule has 0 amide bonds. The molecule has 0 saturated heterocycles. The zero-order valence-corrected chi connectivity index (χ0v) is 10.8. The van der Waals surface area contributed by atoms with Crippen molar-refractivity contribution in [1.82, 2.24) is 0 Å². The molecule has 0 aliphatic heterocycles. The first-order chi connectivity index (χ1) is 9.13. The number of ether oxygens (including phenoxy) is 1. The predicted molar refractivity (Wildman–Crippen MR) is 74.5 cm³/mol. The molecule has 0 bridgehead atoms. The molecular weight excluding hydrogens is 242 g/mol. The summed E-state index contributed by atoms with van der Waals surface area (Å²) in [5, 5.41) is 9.20. The van der Waals surface area contributed by atoms with Crippen LogP contribution in [0.3, 0.4) is 0 Å². The maximum Gasteiger partial charge on any atom is 0.337 e. The average molecular weight is 257 g/mol. The number of rotatable bonds is 4. The Hall–Kier alpha value is -2.49. The van der Waals surface area contributed by atoms with Crippen LogP contribution in [0.1, 0.15) is 10.4 Å². The Morgan fingerprint density at radius 3 is 2.32 bits per heavy atom. The second kappa shape index (κ2) is 5.44. The van der Waals surface area contributed by atoms with E-state index in [1.807, 2.05) is 42.3 Å². The van der Waals surface area contributed by atoms with Gasteiger partial charge in [0.1, 0.15) is 5.75 Å². The molecule has 0 fully saturated rings. The Balaban J connectivity index is 2.37. The van der Waals surface area contributed by atoms with E-state index < -0.39 is 5.97 Å². The SMILES string of the molecule is COc1ccc(N(C)c2ccccc2C(=O)O)cc1. The Morgan fingerprint density at radius 1 is 1.11 bits per heavy atom. The number of carboxylic acid groups (broad SMARTS) is 1. The molecule has 4 nitrogen and oxygen atoms in total. The molecule has 98 valence electrons. The fourth-order valence-corrected chi connectivity index (χ4v) is 1.89. The van der Waals surface area contributed by atoms with E-state index in [0.29, 0.717) is 5.69 Å². The highest BCUT2D eigenvalue weighted by atomic mass is 16.5. The third-order valence-corrected chi connectivity index (χ3v) is 2.96. The van der Waals surface area contributed by atoms with Crippen molar-refractivity contribution in [1.29, 1.82) is 0 Å². The van der Waals surface area contributed by atoms with Crippen molar-refractivity contribution in [3.8, 4) is 5.75 Å². The van der Waals surface area contributed by atoms with Gasteiger partial charge in [-0.25, -0.2) is 4.79 Å². The molecule has 0 heterocycles. The Labute approximate surface area is 111 Å². The average Bonchev–Trinajstić information content (AvgIpc) is 2.46. The molecule has 2 aromatic carbocycles. The molecule has 0 unspecified atom stereocenters. The minimum atomic E-state index is -0.934. The molecule has 0 saturated carbocycles. The third kappa shape index (κ3) is 2.68. The van der Waals surface area contributed by atoms with Crippen LogP contribution in [0.4, 0.5) is 11.4 Å². The number of hydrogen-bond acceptors (Lipinski definition) is 3. The molecule has 19 heavy (non-hydrogen) atoms. The molecule has 1 N–H and O–H groups in total. The lowest BCUT2D eigenvalue weighted by Gasteiger charge is -2.21. The summed E-state index contributed by atoms with van der Waals surface area (Å²) >= 11 is 0. The van der Waals surface area contributed by atoms with Crippen molar-refractivity contribution in [3.05, 3.63) is 54.1 Å². The summed E-state index contributed by atoms with van der Waals surface area (Å²) in [4.78, 5) is 13.0. The zero-order valence-electron chi connectivity index (χ0n) is 10.8. The first-order valence-corrected chi connectivity index (χ1v) is 5.83. The minimum Gasteiger partial charge on any atom is -0.497 e. The van der Waals surface area contributed by atoms with E-state index in [1.54, 1.807) is 25.3 Å². The summed E-state index contributed by atoms with van der Waals surface area (Å²) in [6.45, 7) is 0. The molecular formula is C15H15NO3. The summed E-state index contributed by atoms with van der Waals surface area (Å²) < 4.78 is 5.10. The van der Waals surface area contributed by atoms with Gasteiger partial charge in [-0.2, -0.15) is 0 Å². The maximum absolute atomic E-state index is 11.2. The van der Waals surface area contributed by atoms with Crippen molar-refractivity contribution in [2.75, 3.05) is 19.1 Å². The summed E-state index contributed by atoms with van der Waals surface area (Å²) in [6, 6.07) is 14.4. The molecule has 0 aliphatic carbocycles. The number of hydrogen-bond donors (Lipinski definition) is 1. The van der Waals surface area contributed by atoms with Gasteiger partial charge in [-0.3, -0.25) is 0 Å². The largest absolute Gasteiger partial charge is 0.497 e. The lowest BCUT2D eigenvalue weighted by molar-refractivity contribution is 0.0697. The maximum atomic E-state index is 11.2. The Kier molecular flexibility index (Phi) is 3.71. The number of carboxylic acids is 1. The van der Waals surface area contributed by atoms with Crippen LogP contribution in [-0.2, 0) is 0 Å². The fraction of sp³-hybridized carbons (Fsp3) is 0.133. The second-order valence-electron chi connectivity index (χ2n) is 4.08. The number of carbonyl (C=O) groups is 1. The van der Waals surface area contributed by atoms with E-state index in [1.165, 1.54) is 0 Å². The van der Waals surface area contributed by atoms with E-state index in [0.717, 1.165) is 11.4 Å². The van der Waals surface area contributed by atoms with Crippen LogP contribution in [0.2, 0.25) is 0 Å². The van der Waals surface area contributed by atoms with Gasteiger partial charge in [-0.15, -0.1) is 0 Å². The van der Waals surface area contributed by atoms with Crippen LogP contribution in [0.5, 0.6) is 5.75 Å². The molecule has 0 atom stereocenters. The highest BCUT2D eigenvalue weighted by Gasteiger charge is 2.13. The van der Waals surface area contributed by atoms with Crippen LogP contribution < -0.4 is 9.64 Å². The van der Waals surface area contributed by atoms with Crippen LogP contribution in [0.15, 0.2) is 48.5 Å². The Morgan fingerprint density at radius 2 is 1.74 bits per heavy atom. The standard InChI is InChI=1S/C15H15NO3/c1-16(11-7-9-12(19-2)10-8-11)14-6-4-3-5-13(14)15(17)18/h3-10H,1-2H3,(H,17,18). The number of para-hydroxylation sites is 1. The first-order valence-electron chi connectivity index (χ1n) is 5.83. The van der Waals surface area contributed by atoms with E-state index in [9.17, 15) is 9.90 Å². The molecule has 0 aromatic heterocycles. The van der Waals surface area contributed by atoms with Crippen LogP contribution in [-0.4, -0.2) is 25.2 Å². The van der Waals surface area contributed by atoms with Gasteiger partial charge in [0, 0.05) is 12.7 Å². The first kappa shape index (κ1) is 13.0. The van der Waals surface area contributed by atoms with Crippen molar-refractivity contribution in [2.45, 2.75) is 0 Å². The van der Waals surface area contributed by atoms with Crippen molar-refractivity contribution in [2.24, 2.45) is 0 Å². The van der Waals surface area contributed by atoms with Gasteiger partial charge < -0.3 is 14.7 Å².